The average Bonchev–Trinajstić information content (AvgIpc) is 2.70. The summed E-state index contributed by atoms with van der Waals surface area (Å²) in [7, 11) is 4.07. The number of benzene rings is 3. The number of hydrogen-bond acceptors (Lipinski definition) is 2. The van der Waals surface area contributed by atoms with Crippen LogP contribution in [0.4, 0.5) is 10.5 Å². The van der Waals surface area contributed by atoms with Gasteiger partial charge in [0, 0.05) is 32.9 Å². The zero-order valence-corrected chi connectivity index (χ0v) is 16.0. The minimum absolute atomic E-state index is 0.120. The van der Waals surface area contributed by atoms with Crippen LogP contribution in [0.25, 0.3) is 10.8 Å². The van der Waals surface area contributed by atoms with E-state index in [2.05, 4.69) is 64.1 Å². The lowest BCUT2D eigenvalue weighted by Gasteiger charge is -2.13. The molecule has 0 aliphatic heterocycles. The maximum absolute atomic E-state index is 12.1. The van der Waals surface area contributed by atoms with Crippen molar-refractivity contribution in [3.8, 4) is 0 Å². The van der Waals surface area contributed by atoms with Gasteiger partial charge in [0.15, 0.2) is 0 Å². The van der Waals surface area contributed by atoms with E-state index >= 15 is 0 Å². The molecule has 0 atom stereocenters. The maximum atomic E-state index is 12.1. The molecule has 3 aromatic rings. The molecule has 0 unspecified atom stereocenters. The third kappa shape index (κ3) is 5.23. The van der Waals surface area contributed by atoms with Crippen molar-refractivity contribution in [2.75, 3.05) is 25.5 Å². The fourth-order valence-electron chi connectivity index (χ4n) is 3.14. The van der Waals surface area contributed by atoms with Crippen molar-refractivity contribution in [1.82, 2.24) is 10.6 Å². The lowest BCUT2D eigenvalue weighted by Crippen LogP contribution is -2.35. The summed E-state index contributed by atoms with van der Waals surface area (Å²) in [6.45, 7) is 1.19. The predicted octanol–water partition coefficient (Wildman–Crippen LogP) is 4.34. The largest absolute Gasteiger partial charge is 0.378 e. The normalized spacial score (nSPS) is 10.6. The first kappa shape index (κ1) is 18.8. The Morgan fingerprint density at radius 2 is 1.63 bits per heavy atom. The molecule has 0 aromatic heterocycles. The van der Waals surface area contributed by atoms with Crippen LogP contribution < -0.4 is 15.5 Å². The van der Waals surface area contributed by atoms with E-state index < -0.39 is 0 Å². The molecule has 0 radical (unpaired) electrons. The van der Waals surface area contributed by atoms with E-state index in [-0.39, 0.29) is 6.03 Å². The van der Waals surface area contributed by atoms with Crippen LogP contribution in [0.3, 0.4) is 0 Å². The van der Waals surface area contributed by atoms with Gasteiger partial charge in [-0.1, -0.05) is 54.6 Å². The number of fused-ring (bicyclic) bond motifs is 1. The number of nitrogens with one attached hydrogen (secondary N) is 2. The van der Waals surface area contributed by atoms with Gasteiger partial charge >= 0.3 is 6.03 Å². The Bertz CT molecular complexity index is 882. The molecule has 4 heteroatoms. The van der Waals surface area contributed by atoms with Gasteiger partial charge in [0.2, 0.25) is 0 Å². The van der Waals surface area contributed by atoms with E-state index in [4.69, 9.17) is 0 Å². The van der Waals surface area contributed by atoms with Crippen LogP contribution in [0.2, 0.25) is 0 Å². The SMILES string of the molecule is CN(C)c1ccc(CCCNC(=O)NCc2cccc3ccccc23)cc1. The highest BCUT2D eigenvalue weighted by Crippen LogP contribution is 2.18. The highest BCUT2D eigenvalue weighted by molar-refractivity contribution is 5.86. The zero-order chi connectivity index (χ0) is 19.1. The van der Waals surface area contributed by atoms with Gasteiger partial charge in [-0.25, -0.2) is 4.79 Å². The summed E-state index contributed by atoms with van der Waals surface area (Å²) in [5, 5.41) is 8.27. The number of amides is 2. The Kier molecular flexibility index (Phi) is 6.31. The number of carbonyl (C=O) groups excluding carboxylic acids is 1. The molecule has 3 aromatic carbocycles. The Morgan fingerprint density at radius 1 is 0.889 bits per heavy atom. The monoisotopic (exact) mass is 361 g/mol. The average molecular weight is 361 g/mol. The number of aryl methyl sites for hydroxylation is 1. The van der Waals surface area contributed by atoms with Crippen molar-refractivity contribution in [3.05, 3.63) is 77.9 Å². The summed E-state index contributed by atoms with van der Waals surface area (Å²) < 4.78 is 0. The van der Waals surface area contributed by atoms with Gasteiger partial charge in [-0.3, -0.25) is 0 Å². The van der Waals surface area contributed by atoms with Crippen molar-refractivity contribution in [3.63, 3.8) is 0 Å². The molecule has 0 spiro atoms. The number of hydrogen-bond donors (Lipinski definition) is 2. The van der Waals surface area contributed by atoms with Crippen LogP contribution in [0.5, 0.6) is 0 Å². The van der Waals surface area contributed by atoms with Gasteiger partial charge in [0.1, 0.15) is 0 Å². The molecule has 2 amide bonds. The van der Waals surface area contributed by atoms with Crippen molar-refractivity contribution < 1.29 is 4.79 Å². The highest BCUT2D eigenvalue weighted by Gasteiger charge is 2.03. The van der Waals surface area contributed by atoms with Gasteiger partial charge < -0.3 is 15.5 Å². The standard InChI is InChI=1S/C23H27N3O/c1-26(2)21-14-12-18(13-15-21)7-6-16-24-23(27)25-17-20-10-5-9-19-8-3-4-11-22(19)20/h3-5,8-15H,6-7,16-17H2,1-2H3,(H2,24,25,27). The van der Waals surface area contributed by atoms with Crippen LogP contribution in [0.1, 0.15) is 17.5 Å². The van der Waals surface area contributed by atoms with E-state index in [1.165, 1.54) is 22.0 Å². The molecule has 0 saturated heterocycles. The summed E-state index contributed by atoms with van der Waals surface area (Å²) in [5.41, 5.74) is 3.62. The molecule has 4 nitrogen and oxygen atoms in total. The summed E-state index contributed by atoms with van der Waals surface area (Å²) in [6, 6.07) is 22.8. The van der Waals surface area contributed by atoms with Crippen LogP contribution in [-0.4, -0.2) is 26.7 Å². The molecule has 140 valence electrons. The van der Waals surface area contributed by atoms with Crippen LogP contribution in [-0.2, 0) is 13.0 Å². The first-order chi connectivity index (χ1) is 13.1. The molecule has 3 rings (SSSR count). The summed E-state index contributed by atoms with van der Waals surface area (Å²) >= 11 is 0. The lowest BCUT2D eigenvalue weighted by molar-refractivity contribution is 0.240. The summed E-state index contributed by atoms with van der Waals surface area (Å²) in [4.78, 5) is 14.1. The molecule has 0 saturated carbocycles. The second-order valence-electron chi connectivity index (χ2n) is 6.91. The molecule has 0 fully saturated rings. The van der Waals surface area contributed by atoms with Crippen molar-refractivity contribution in [1.29, 1.82) is 0 Å². The third-order valence-electron chi connectivity index (χ3n) is 4.70. The van der Waals surface area contributed by atoms with E-state index in [0.717, 1.165) is 18.4 Å². The number of rotatable bonds is 7. The predicted molar refractivity (Wildman–Crippen MR) is 113 cm³/mol. The Hall–Kier alpha value is -3.01. The first-order valence-electron chi connectivity index (χ1n) is 9.38. The van der Waals surface area contributed by atoms with Crippen molar-refractivity contribution in [2.45, 2.75) is 19.4 Å². The van der Waals surface area contributed by atoms with Crippen LogP contribution in [0.15, 0.2) is 66.7 Å². The molecule has 27 heavy (non-hydrogen) atoms. The fourth-order valence-corrected chi connectivity index (χ4v) is 3.14. The van der Waals surface area contributed by atoms with E-state index in [1.807, 2.05) is 32.3 Å². The smallest absolute Gasteiger partial charge is 0.315 e. The van der Waals surface area contributed by atoms with Gasteiger partial charge in [0.05, 0.1) is 0 Å². The Balaban J connectivity index is 1.41. The maximum Gasteiger partial charge on any atom is 0.315 e. The molecule has 0 aliphatic rings. The lowest BCUT2D eigenvalue weighted by atomic mass is 10.0. The van der Waals surface area contributed by atoms with Gasteiger partial charge in [-0.05, 0) is 46.9 Å². The summed E-state index contributed by atoms with van der Waals surface area (Å²) in [5.74, 6) is 0. The molecule has 0 heterocycles. The van der Waals surface area contributed by atoms with Crippen LogP contribution in [0, 0.1) is 0 Å². The second kappa shape index (κ2) is 9.08. The van der Waals surface area contributed by atoms with Gasteiger partial charge in [0.25, 0.3) is 0 Å². The van der Waals surface area contributed by atoms with Gasteiger partial charge in [-0.2, -0.15) is 0 Å². The van der Waals surface area contributed by atoms with Crippen LogP contribution >= 0.6 is 0 Å². The van der Waals surface area contributed by atoms with Crippen molar-refractivity contribution in [2.24, 2.45) is 0 Å². The molecule has 0 bridgehead atoms. The first-order valence-corrected chi connectivity index (χ1v) is 9.38. The number of urea groups is 1. The molecular weight excluding hydrogens is 334 g/mol. The Morgan fingerprint density at radius 3 is 2.41 bits per heavy atom. The molecule has 2 N–H and O–H groups in total. The van der Waals surface area contributed by atoms with E-state index in [0.29, 0.717) is 13.1 Å². The third-order valence-corrected chi connectivity index (χ3v) is 4.70. The van der Waals surface area contributed by atoms with E-state index in [1.54, 1.807) is 0 Å². The van der Waals surface area contributed by atoms with Gasteiger partial charge in [-0.15, -0.1) is 0 Å². The summed E-state index contributed by atoms with van der Waals surface area (Å²) in [6.07, 6.45) is 1.88. The molecule has 0 aliphatic carbocycles. The van der Waals surface area contributed by atoms with E-state index in [9.17, 15) is 4.79 Å². The fraction of sp³-hybridized carbons (Fsp3) is 0.261. The number of nitrogens with zero attached hydrogens (tertiary/aromatic N) is 1. The van der Waals surface area contributed by atoms with Crippen molar-refractivity contribution >= 4 is 22.5 Å². The highest BCUT2D eigenvalue weighted by atomic mass is 16.2. The topological polar surface area (TPSA) is 44.4 Å². The quantitative estimate of drug-likeness (QED) is 0.615. The molecular formula is C23H27N3O. The second-order valence-corrected chi connectivity index (χ2v) is 6.91. The minimum atomic E-state index is -0.120. The Labute approximate surface area is 161 Å². The number of anilines is 1. The number of carbonyl (C=O) groups is 1. The zero-order valence-electron chi connectivity index (χ0n) is 16.0. The minimum Gasteiger partial charge on any atom is -0.378 e.